The third-order valence-electron chi connectivity index (χ3n) is 5.78. The molecule has 1 N–H and O–H groups in total. The van der Waals surface area contributed by atoms with Gasteiger partial charge >= 0.3 is 0 Å². The van der Waals surface area contributed by atoms with Crippen LogP contribution in [0.3, 0.4) is 0 Å². The molecule has 1 unspecified atom stereocenters. The van der Waals surface area contributed by atoms with E-state index >= 15 is 0 Å². The molecule has 7 nitrogen and oxygen atoms in total. The number of rotatable bonds is 5. The Kier molecular flexibility index (Phi) is 4.50. The van der Waals surface area contributed by atoms with Crippen molar-refractivity contribution in [1.29, 1.82) is 0 Å². The predicted molar refractivity (Wildman–Crippen MR) is 109 cm³/mol. The fourth-order valence-electron chi connectivity index (χ4n) is 4.05. The van der Waals surface area contributed by atoms with Crippen LogP contribution in [0, 0.1) is 5.92 Å². The van der Waals surface area contributed by atoms with E-state index in [2.05, 4.69) is 25.9 Å². The Morgan fingerprint density at radius 3 is 2.83 bits per heavy atom. The number of hydrogen-bond acceptors (Lipinski definition) is 4. The number of carbonyl (C=O) groups excluding carboxylic acids is 2. The maximum Gasteiger partial charge on any atom is 0.254 e. The SMILES string of the molecule is O=C(Nc1cc(C(=O)N2CCCC2Cn2cnc3ccccc32)ccn1)C1CC1. The summed E-state index contributed by atoms with van der Waals surface area (Å²) in [5.74, 6) is 0.530. The highest BCUT2D eigenvalue weighted by molar-refractivity contribution is 5.97. The van der Waals surface area contributed by atoms with Gasteiger partial charge in [0.15, 0.2) is 0 Å². The number of fused-ring (bicyclic) bond motifs is 1. The summed E-state index contributed by atoms with van der Waals surface area (Å²) >= 11 is 0. The first-order valence-electron chi connectivity index (χ1n) is 10.2. The van der Waals surface area contributed by atoms with Crippen molar-refractivity contribution >= 4 is 28.7 Å². The Labute approximate surface area is 168 Å². The average molecular weight is 389 g/mol. The van der Waals surface area contributed by atoms with Gasteiger partial charge in [0.05, 0.1) is 23.4 Å². The quantitative estimate of drug-likeness (QED) is 0.727. The highest BCUT2D eigenvalue weighted by Gasteiger charge is 2.31. The zero-order valence-corrected chi connectivity index (χ0v) is 16.1. The van der Waals surface area contributed by atoms with Crippen molar-refractivity contribution < 1.29 is 9.59 Å². The summed E-state index contributed by atoms with van der Waals surface area (Å²) in [7, 11) is 0. The maximum absolute atomic E-state index is 13.2. The lowest BCUT2D eigenvalue weighted by molar-refractivity contribution is -0.117. The minimum atomic E-state index is -0.0127. The number of anilines is 1. The molecule has 1 atom stereocenters. The lowest BCUT2D eigenvalue weighted by Crippen LogP contribution is -2.38. The molecule has 3 aromatic rings. The van der Waals surface area contributed by atoms with E-state index in [0.29, 0.717) is 11.4 Å². The van der Waals surface area contributed by atoms with Gasteiger partial charge in [0.2, 0.25) is 5.91 Å². The Morgan fingerprint density at radius 1 is 1.10 bits per heavy atom. The lowest BCUT2D eigenvalue weighted by Gasteiger charge is -2.25. The zero-order chi connectivity index (χ0) is 19.8. The number of amides is 2. The summed E-state index contributed by atoms with van der Waals surface area (Å²) in [6.07, 6.45) is 7.26. The van der Waals surface area contributed by atoms with Crippen LogP contribution >= 0.6 is 0 Å². The van der Waals surface area contributed by atoms with Gasteiger partial charge in [-0.25, -0.2) is 9.97 Å². The standard InChI is InChI=1S/C22H23N5O2/c28-21(15-7-8-15)25-20-12-16(9-10-23-20)22(29)27-11-3-4-17(27)13-26-14-24-18-5-1-2-6-19(18)26/h1-2,5-6,9-10,12,14-15,17H,3-4,7-8,11,13H2,(H,23,25,28). The van der Waals surface area contributed by atoms with E-state index in [9.17, 15) is 9.59 Å². The normalized spacial score (nSPS) is 18.9. The van der Waals surface area contributed by atoms with Crippen LogP contribution in [0.2, 0.25) is 0 Å². The Morgan fingerprint density at radius 2 is 1.97 bits per heavy atom. The molecule has 1 aliphatic heterocycles. The average Bonchev–Trinajstić information content (AvgIpc) is 3.38. The Bertz CT molecular complexity index is 1070. The second-order valence-electron chi connectivity index (χ2n) is 7.87. The number of nitrogens with one attached hydrogen (secondary N) is 1. The van der Waals surface area contributed by atoms with Crippen molar-refractivity contribution in [3.63, 3.8) is 0 Å². The van der Waals surface area contributed by atoms with Gasteiger partial charge in [-0.3, -0.25) is 9.59 Å². The van der Waals surface area contributed by atoms with Gasteiger partial charge in [-0.15, -0.1) is 0 Å². The molecule has 0 spiro atoms. The van der Waals surface area contributed by atoms with Gasteiger partial charge < -0.3 is 14.8 Å². The highest BCUT2D eigenvalue weighted by Crippen LogP contribution is 2.30. The smallest absolute Gasteiger partial charge is 0.254 e. The fourth-order valence-corrected chi connectivity index (χ4v) is 4.05. The lowest BCUT2D eigenvalue weighted by atomic mass is 10.1. The molecule has 29 heavy (non-hydrogen) atoms. The van der Waals surface area contributed by atoms with Crippen LogP contribution in [0.15, 0.2) is 48.9 Å². The van der Waals surface area contributed by atoms with Crippen molar-refractivity contribution in [2.45, 2.75) is 38.3 Å². The van der Waals surface area contributed by atoms with E-state index in [4.69, 9.17) is 0 Å². The molecule has 1 aliphatic carbocycles. The monoisotopic (exact) mass is 389 g/mol. The molecule has 1 aromatic carbocycles. The molecule has 1 saturated heterocycles. The number of nitrogens with zero attached hydrogens (tertiary/aromatic N) is 4. The third-order valence-corrected chi connectivity index (χ3v) is 5.78. The molecule has 2 aromatic heterocycles. The number of imidazole rings is 1. The second kappa shape index (κ2) is 7.31. The summed E-state index contributed by atoms with van der Waals surface area (Å²) in [6, 6.07) is 11.6. The van der Waals surface area contributed by atoms with Crippen LogP contribution in [-0.2, 0) is 11.3 Å². The van der Waals surface area contributed by atoms with Crippen LogP contribution in [0.1, 0.15) is 36.0 Å². The van der Waals surface area contributed by atoms with Crippen LogP contribution < -0.4 is 5.32 Å². The molecule has 7 heteroatoms. The van der Waals surface area contributed by atoms with E-state index in [1.54, 1.807) is 18.3 Å². The van der Waals surface area contributed by atoms with Gasteiger partial charge in [-0.05, 0) is 49.9 Å². The minimum Gasteiger partial charge on any atom is -0.334 e. The first-order chi connectivity index (χ1) is 14.2. The summed E-state index contributed by atoms with van der Waals surface area (Å²) < 4.78 is 2.12. The van der Waals surface area contributed by atoms with Crippen molar-refractivity contribution in [3.05, 3.63) is 54.5 Å². The van der Waals surface area contributed by atoms with Crippen molar-refractivity contribution in [2.75, 3.05) is 11.9 Å². The van der Waals surface area contributed by atoms with Crippen molar-refractivity contribution in [1.82, 2.24) is 19.4 Å². The van der Waals surface area contributed by atoms with E-state index in [-0.39, 0.29) is 23.8 Å². The van der Waals surface area contributed by atoms with Crippen molar-refractivity contribution in [3.8, 4) is 0 Å². The molecule has 5 rings (SSSR count). The number of pyridine rings is 1. The first-order valence-corrected chi connectivity index (χ1v) is 10.2. The maximum atomic E-state index is 13.2. The molecule has 2 fully saturated rings. The van der Waals surface area contributed by atoms with Crippen LogP contribution in [0.4, 0.5) is 5.82 Å². The van der Waals surface area contributed by atoms with Gasteiger partial charge in [-0.1, -0.05) is 12.1 Å². The zero-order valence-electron chi connectivity index (χ0n) is 16.1. The largest absolute Gasteiger partial charge is 0.334 e. The Hall–Kier alpha value is -3.22. The topological polar surface area (TPSA) is 80.1 Å². The van der Waals surface area contributed by atoms with Gasteiger partial charge in [0.25, 0.3) is 5.91 Å². The highest BCUT2D eigenvalue weighted by atomic mass is 16.2. The molecular weight excluding hydrogens is 366 g/mol. The summed E-state index contributed by atoms with van der Waals surface area (Å²) in [4.78, 5) is 35.8. The summed E-state index contributed by atoms with van der Waals surface area (Å²) in [5.41, 5.74) is 2.61. The number of benzene rings is 1. The third kappa shape index (κ3) is 3.60. The number of aromatic nitrogens is 3. The van der Waals surface area contributed by atoms with Gasteiger partial charge in [0, 0.05) is 30.8 Å². The van der Waals surface area contributed by atoms with E-state index in [1.165, 1.54) is 0 Å². The molecule has 3 heterocycles. The molecular formula is C22H23N5O2. The molecule has 2 aliphatic rings. The second-order valence-corrected chi connectivity index (χ2v) is 7.87. The van der Waals surface area contributed by atoms with Gasteiger partial charge in [0.1, 0.15) is 5.82 Å². The minimum absolute atomic E-state index is 0.00636. The molecule has 2 amide bonds. The van der Waals surface area contributed by atoms with Crippen LogP contribution in [0.25, 0.3) is 11.0 Å². The molecule has 148 valence electrons. The number of hydrogen-bond donors (Lipinski definition) is 1. The number of carbonyl (C=O) groups is 2. The molecule has 0 radical (unpaired) electrons. The van der Waals surface area contributed by atoms with Crippen molar-refractivity contribution in [2.24, 2.45) is 5.92 Å². The van der Waals surface area contributed by atoms with E-state index in [1.807, 2.05) is 29.4 Å². The molecule has 1 saturated carbocycles. The Balaban J connectivity index is 1.33. The van der Waals surface area contributed by atoms with E-state index < -0.39 is 0 Å². The van der Waals surface area contributed by atoms with Crippen LogP contribution in [-0.4, -0.2) is 43.8 Å². The summed E-state index contributed by atoms with van der Waals surface area (Å²) in [5, 5.41) is 2.82. The van der Waals surface area contributed by atoms with E-state index in [0.717, 1.165) is 49.8 Å². The summed E-state index contributed by atoms with van der Waals surface area (Å²) in [6.45, 7) is 1.46. The molecule has 0 bridgehead atoms. The fraction of sp³-hybridized carbons (Fsp3) is 0.364. The number of para-hydroxylation sites is 2. The predicted octanol–water partition coefficient (Wildman–Crippen LogP) is 3.08. The first kappa shape index (κ1) is 17.8. The van der Waals surface area contributed by atoms with Gasteiger partial charge in [-0.2, -0.15) is 0 Å². The number of likely N-dealkylation sites (tertiary alicyclic amines) is 1. The van der Waals surface area contributed by atoms with Crippen LogP contribution in [0.5, 0.6) is 0 Å².